The lowest BCUT2D eigenvalue weighted by molar-refractivity contribution is -0.136. The van der Waals surface area contributed by atoms with Crippen molar-refractivity contribution in [1.29, 1.82) is 0 Å². The molecule has 1 N–H and O–H groups in total. The van der Waals surface area contributed by atoms with E-state index in [0.717, 1.165) is 10.6 Å². The van der Waals surface area contributed by atoms with Gasteiger partial charge in [0.15, 0.2) is 0 Å². The first-order valence-electron chi connectivity index (χ1n) is 5.70. The van der Waals surface area contributed by atoms with Gasteiger partial charge in [-0.1, -0.05) is 0 Å². The van der Waals surface area contributed by atoms with Crippen molar-refractivity contribution in [3.05, 3.63) is 12.4 Å². The molecule has 2 heterocycles. The van der Waals surface area contributed by atoms with Gasteiger partial charge in [0.05, 0.1) is 31.5 Å². The Morgan fingerprint density at radius 2 is 2.33 bits per heavy atom. The van der Waals surface area contributed by atoms with Gasteiger partial charge < -0.3 is 10.1 Å². The molecule has 2 rings (SSSR count). The molecule has 1 saturated heterocycles. The monoisotopic (exact) mass is 252 g/mol. The van der Waals surface area contributed by atoms with E-state index < -0.39 is 6.04 Å². The third-order valence-electron chi connectivity index (χ3n) is 2.88. The SMILES string of the molecule is COCCn1cc(NC2CC(=O)N(C)C2=O)cn1. The number of carbonyl (C=O) groups excluding carboxylic acids is 2. The number of imide groups is 1. The van der Waals surface area contributed by atoms with Gasteiger partial charge in [0.25, 0.3) is 5.91 Å². The van der Waals surface area contributed by atoms with Gasteiger partial charge in [0.2, 0.25) is 5.91 Å². The summed E-state index contributed by atoms with van der Waals surface area (Å²) in [5.74, 6) is -0.367. The molecule has 0 bridgehead atoms. The summed E-state index contributed by atoms with van der Waals surface area (Å²) in [5, 5.41) is 7.14. The summed E-state index contributed by atoms with van der Waals surface area (Å²) >= 11 is 0. The second-order valence-corrected chi connectivity index (χ2v) is 4.18. The Labute approximate surface area is 105 Å². The van der Waals surface area contributed by atoms with Crippen molar-refractivity contribution in [1.82, 2.24) is 14.7 Å². The number of carbonyl (C=O) groups is 2. The topological polar surface area (TPSA) is 76.5 Å². The molecular weight excluding hydrogens is 236 g/mol. The molecule has 7 nitrogen and oxygen atoms in total. The molecule has 0 saturated carbocycles. The Bertz CT molecular complexity index is 457. The van der Waals surface area contributed by atoms with E-state index in [0.29, 0.717) is 13.2 Å². The van der Waals surface area contributed by atoms with Gasteiger partial charge >= 0.3 is 0 Å². The minimum Gasteiger partial charge on any atom is -0.383 e. The zero-order valence-electron chi connectivity index (χ0n) is 10.4. The van der Waals surface area contributed by atoms with Crippen LogP contribution in [0.4, 0.5) is 5.69 Å². The van der Waals surface area contributed by atoms with E-state index in [-0.39, 0.29) is 18.2 Å². The van der Waals surface area contributed by atoms with Gasteiger partial charge in [-0.15, -0.1) is 0 Å². The number of likely N-dealkylation sites (tertiary alicyclic amines) is 1. The van der Waals surface area contributed by atoms with Crippen LogP contribution in [-0.4, -0.2) is 53.3 Å². The number of nitrogens with zero attached hydrogens (tertiary/aromatic N) is 3. The van der Waals surface area contributed by atoms with Crippen LogP contribution in [0.2, 0.25) is 0 Å². The van der Waals surface area contributed by atoms with Gasteiger partial charge in [0.1, 0.15) is 6.04 Å². The molecule has 7 heteroatoms. The number of nitrogens with one attached hydrogen (secondary N) is 1. The fourth-order valence-electron chi connectivity index (χ4n) is 1.81. The number of aromatic nitrogens is 2. The summed E-state index contributed by atoms with van der Waals surface area (Å²) in [7, 11) is 3.12. The molecule has 1 aliphatic rings. The Hall–Kier alpha value is -1.89. The van der Waals surface area contributed by atoms with Crippen LogP contribution in [0.1, 0.15) is 6.42 Å². The molecule has 1 aromatic heterocycles. The van der Waals surface area contributed by atoms with Crippen molar-refractivity contribution in [2.45, 2.75) is 19.0 Å². The molecule has 2 amide bonds. The molecule has 0 aromatic carbocycles. The lowest BCUT2D eigenvalue weighted by atomic mass is 10.2. The quantitative estimate of drug-likeness (QED) is 0.728. The van der Waals surface area contributed by atoms with Crippen molar-refractivity contribution >= 4 is 17.5 Å². The van der Waals surface area contributed by atoms with Crippen molar-refractivity contribution in [2.24, 2.45) is 0 Å². The maximum Gasteiger partial charge on any atom is 0.251 e. The zero-order chi connectivity index (χ0) is 13.1. The maximum absolute atomic E-state index is 11.7. The molecule has 0 aliphatic carbocycles. The van der Waals surface area contributed by atoms with Crippen LogP contribution in [0, 0.1) is 0 Å². The van der Waals surface area contributed by atoms with Crippen molar-refractivity contribution < 1.29 is 14.3 Å². The van der Waals surface area contributed by atoms with Crippen LogP contribution in [0.15, 0.2) is 12.4 Å². The lowest BCUT2D eigenvalue weighted by Gasteiger charge is -2.10. The average molecular weight is 252 g/mol. The average Bonchev–Trinajstić information content (AvgIpc) is 2.89. The van der Waals surface area contributed by atoms with Gasteiger partial charge in [-0.2, -0.15) is 5.10 Å². The molecule has 98 valence electrons. The summed E-state index contributed by atoms with van der Waals surface area (Å²) in [6, 6.07) is -0.484. The van der Waals surface area contributed by atoms with Crippen molar-refractivity contribution in [3.63, 3.8) is 0 Å². The van der Waals surface area contributed by atoms with Crippen molar-refractivity contribution in [2.75, 3.05) is 26.1 Å². The van der Waals surface area contributed by atoms with Crippen LogP contribution < -0.4 is 5.32 Å². The third kappa shape index (κ3) is 2.51. The van der Waals surface area contributed by atoms with Gasteiger partial charge in [-0.3, -0.25) is 19.2 Å². The van der Waals surface area contributed by atoms with Gasteiger partial charge in [0, 0.05) is 20.4 Å². The van der Waals surface area contributed by atoms with Gasteiger partial charge in [-0.05, 0) is 0 Å². The van der Waals surface area contributed by atoms with E-state index in [2.05, 4.69) is 10.4 Å². The standard InChI is InChI=1S/C11H16N4O3/c1-14-10(16)5-9(11(14)17)13-8-6-12-15(7-8)3-4-18-2/h6-7,9,13H,3-5H2,1-2H3. The lowest BCUT2D eigenvalue weighted by Crippen LogP contribution is -2.31. The molecule has 0 spiro atoms. The number of ether oxygens (including phenoxy) is 1. The molecule has 1 atom stereocenters. The number of hydrogen-bond donors (Lipinski definition) is 1. The Balaban J connectivity index is 1.96. The summed E-state index contributed by atoms with van der Waals surface area (Å²) in [5.41, 5.74) is 0.729. The fraction of sp³-hybridized carbons (Fsp3) is 0.545. The molecule has 1 aliphatic heterocycles. The minimum absolute atomic E-state index is 0.163. The predicted octanol–water partition coefficient (Wildman–Crippen LogP) is -0.301. The van der Waals surface area contributed by atoms with Crippen LogP contribution in [0.25, 0.3) is 0 Å². The molecule has 0 radical (unpaired) electrons. The minimum atomic E-state index is -0.484. The number of hydrogen-bond acceptors (Lipinski definition) is 5. The first-order valence-corrected chi connectivity index (χ1v) is 5.70. The van der Waals surface area contributed by atoms with Crippen molar-refractivity contribution in [3.8, 4) is 0 Å². The van der Waals surface area contributed by atoms with E-state index in [9.17, 15) is 9.59 Å². The van der Waals surface area contributed by atoms with Crippen LogP contribution in [0.5, 0.6) is 0 Å². The number of anilines is 1. The number of methoxy groups -OCH3 is 1. The summed E-state index contributed by atoms with van der Waals surface area (Å²) in [6.45, 7) is 1.22. The van der Waals surface area contributed by atoms with E-state index in [1.807, 2.05) is 0 Å². The van der Waals surface area contributed by atoms with E-state index >= 15 is 0 Å². The second-order valence-electron chi connectivity index (χ2n) is 4.18. The van der Waals surface area contributed by atoms with Crippen LogP contribution >= 0.6 is 0 Å². The third-order valence-corrected chi connectivity index (χ3v) is 2.88. The Kier molecular flexibility index (Phi) is 3.61. The first kappa shape index (κ1) is 12.6. The second kappa shape index (κ2) is 5.18. The first-order chi connectivity index (χ1) is 8.61. The highest BCUT2D eigenvalue weighted by Gasteiger charge is 2.35. The summed E-state index contributed by atoms with van der Waals surface area (Å²) < 4.78 is 6.67. The maximum atomic E-state index is 11.7. The molecule has 1 aromatic rings. The number of likely N-dealkylation sites (N-methyl/N-ethyl adjacent to an activating group) is 1. The highest BCUT2D eigenvalue weighted by atomic mass is 16.5. The van der Waals surface area contributed by atoms with E-state index in [1.165, 1.54) is 7.05 Å². The normalized spacial score (nSPS) is 19.7. The Morgan fingerprint density at radius 3 is 2.94 bits per heavy atom. The van der Waals surface area contributed by atoms with Gasteiger partial charge in [-0.25, -0.2) is 0 Å². The fourth-order valence-corrected chi connectivity index (χ4v) is 1.81. The number of rotatable bonds is 5. The predicted molar refractivity (Wildman–Crippen MR) is 63.9 cm³/mol. The highest BCUT2D eigenvalue weighted by Crippen LogP contribution is 2.16. The molecule has 1 fully saturated rings. The smallest absolute Gasteiger partial charge is 0.251 e. The van der Waals surface area contributed by atoms with E-state index in [1.54, 1.807) is 24.2 Å². The molecule has 18 heavy (non-hydrogen) atoms. The highest BCUT2D eigenvalue weighted by molar-refractivity contribution is 6.06. The molecular formula is C11H16N4O3. The number of amides is 2. The summed E-state index contributed by atoms with van der Waals surface area (Å²) in [6.07, 6.45) is 3.61. The summed E-state index contributed by atoms with van der Waals surface area (Å²) in [4.78, 5) is 24.2. The zero-order valence-corrected chi connectivity index (χ0v) is 10.4. The largest absolute Gasteiger partial charge is 0.383 e. The van der Waals surface area contributed by atoms with E-state index in [4.69, 9.17) is 4.74 Å². The Morgan fingerprint density at radius 1 is 1.56 bits per heavy atom. The molecule has 1 unspecified atom stereocenters. The van der Waals surface area contributed by atoms with Crippen LogP contribution in [-0.2, 0) is 20.9 Å². The van der Waals surface area contributed by atoms with Crippen LogP contribution in [0.3, 0.4) is 0 Å².